The fraction of sp³-hybridized carbons (Fsp3) is 0.231. The molecule has 1 unspecified atom stereocenters. The van der Waals surface area contributed by atoms with Gasteiger partial charge in [0.2, 0.25) is 0 Å². The summed E-state index contributed by atoms with van der Waals surface area (Å²) >= 11 is 4.35. The van der Waals surface area contributed by atoms with Crippen molar-refractivity contribution in [3.8, 4) is 5.75 Å². The van der Waals surface area contributed by atoms with E-state index >= 15 is 0 Å². The highest BCUT2D eigenvalue weighted by molar-refractivity contribution is 9.10. The predicted octanol–water partition coefficient (Wildman–Crippen LogP) is 5.42. The molecule has 186 valence electrons. The molecule has 0 spiro atoms. The zero-order valence-corrected chi connectivity index (χ0v) is 22.2. The van der Waals surface area contributed by atoms with Gasteiger partial charge in [-0.2, -0.15) is 0 Å². The summed E-state index contributed by atoms with van der Waals surface area (Å²) in [6.07, 6.45) is 0.811. The number of anilines is 1. The van der Waals surface area contributed by atoms with Crippen molar-refractivity contribution in [3.05, 3.63) is 80.3 Å². The quantitative estimate of drug-likeness (QED) is 0.175. The summed E-state index contributed by atoms with van der Waals surface area (Å²) in [6.45, 7) is 4.11. The highest BCUT2D eigenvalue weighted by Crippen LogP contribution is 2.44. The Morgan fingerprint density at radius 2 is 1.92 bits per heavy atom. The summed E-state index contributed by atoms with van der Waals surface area (Å²) in [5, 5.41) is 11.5. The van der Waals surface area contributed by atoms with Gasteiger partial charge in [-0.3, -0.25) is 14.5 Å². The summed E-state index contributed by atoms with van der Waals surface area (Å²) < 4.78 is 11.3. The summed E-state index contributed by atoms with van der Waals surface area (Å²) in [5.74, 6) is -2.08. The van der Waals surface area contributed by atoms with Gasteiger partial charge in [0.25, 0.3) is 5.78 Å². The first-order valence-electron chi connectivity index (χ1n) is 11.1. The molecule has 2 heterocycles. The predicted molar refractivity (Wildman–Crippen MR) is 139 cm³/mol. The van der Waals surface area contributed by atoms with E-state index in [9.17, 15) is 19.5 Å². The van der Waals surface area contributed by atoms with Crippen LogP contribution >= 0.6 is 27.3 Å². The number of thiazole rings is 1. The molecule has 0 saturated carbocycles. The number of nitrogens with zero attached hydrogens (tertiary/aromatic N) is 2. The molecule has 1 N–H and O–H groups in total. The minimum absolute atomic E-state index is 0.0811. The molecule has 10 heteroatoms. The number of aliphatic hydroxyl groups excluding tert-OH is 1. The molecule has 4 rings (SSSR count). The Kier molecular flexibility index (Phi) is 7.56. The van der Waals surface area contributed by atoms with Gasteiger partial charge in [0, 0.05) is 10.0 Å². The maximum Gasteiger partial charge on any atom is 0.350 e. The number of carbonyl (C=O) groups is 3. The lowest BCUT2D eigenvalue weighted by molar-refractivity contribution is -0.132. The smallest absolute Gasteiger partial charge is 0.350 e. The van der Waals surface area contributed by atoms with Crippen LogP contribution in [0, 0.1) is 6.92 Å². The molecule has 1 atom stereocenters. The van der Waals surface area contributed by atoms with Gasteiger partial charge in [0.1, 0.15) is 16.4 Å². The van der Waals surface area contributed by atoms with Crippen LogP contribution in [0.25, 0.3) is 5.76 Å². The first-order valence-corrected chi connectivity index (χ1v) is 12.7. The number of ketones is 1. The van der Waals surface area contributed by atoms with Gasteiger partial charge < -0.3 is 14.6 Å². The van der Waals surface area contributed by atoms with Gasteiger partial charge >= 0.3 is 11.9 Å². The highest BCUT2D eigenvalue weighted by Gasteiger charge is 2.48. The fourth-order valence-electron chi connectivity index (χ4n) is 3.87. The van der Waals surface area contributed by atoms with Crippen LogP contribution in [0.3, 0.4) is 0 Å². The number of rotatable bonds is 7. The van der Waals surface area contributed by atoms with E-state index in [4.69, 9.17) is 9.47 Å². The third kappa shape index (κ3) is 4.78. The zero-order chi connectivity index (χ0) is 26.0. The number of hydrogen-bond acceptors (Lipinski definition) is 8. The van der Waals surface area contributed by atoms with Crippen LogP contribution < -0.4 is 9.64 Å². The van der Waals surface area contributed by atoms with Gasteiger partial charge in [-0.25, -0.2) is 9.78 Å². The van der Waals surface area contributed by atoms with Crippen molar-refractivity contribution in [2.45, 2.75) is 26.3 Å². The highest BCUT2D eigenvalue weighted by atomic mass is 79.9. The third-order valence-electron chi connectivity index (χ3n) is 5.57. The molecule has 3 aromatic rings. The molecule has 0 radical (unpaired) electrons. The summed E-state index contributed by atoms with van der Waals surface area (Å²) in [5.41, 5.74) is 1.22. The number of aliphatic hydroxyl groups is 1. The number of Topliss-reactive ketones (excluding diaryl/α,β-unsaturated/α-hetero) is 1. The molecule has 1 amide bonds. The van der Waals surface area contributed by atoms with Crippen LogP contribution in [0.1, 0.15) is 45.9 Å². The Labute approximate surface area is 220 Å². The summed E-state index contributed by atoms with van der Waals surface area (Å²) in [6, 6.07) is 12.8. The molecule has 1 aliphatic rings. The summed E-state index contributed by atoms with van der Waals surface area (Å²) in [7, 11) is 1.26. The average molecular weight is 571 g/mol. The zero-order valence-electron chi connectivity index (χ0n) is 19.8. The number of ether oxygens (including phenoxy) is 2. The SMILES string of the molecule is CCCOc1cccc(/C(O)=C2\C(=O)C(=O)N(c3nc(C)c(C(=O)OC)s3)C2c2ccc(Br)cc2)c1. The van der Waals surface area contributed by atoms with Crippen LogP contribution in [0.15, 0.2) is 58.6 Å². The lowest BCUT2D eigenvalue weighted by atomic mass is 9.95. The van der Waals surface area contributed by atoms with Crippen molar-refractivity contribution >= 4 is 55.8 Å². The first-order chi connectivity index (χ1) is 17.3. The Morgan fingerprint density at radius 3 is 2.58 bits per heavy atom. The van der Waals surface area contributed by atoms with Gasteiger partial charge in [0.05, 0.1) is 31.0 Å². The Morgan fingerprint density at radius 1 is 1.19 bits per heavy atom. The van der Waals surface area contributed by atoms with Crippen LogP contribution in [-0.4, -0.2) is 41.5 Å². The van der Waals surface area contributed by atoms with Gasteiger partial charge in [-0.05, 0) is 43.2 Å². The Hall–Kier alpha value is -3.50. The number of methoxy groups -OCH3 is 1. The molecule has 1 fully saturated rings. The lowest BCUT2D eigenvalue weighted by Gasteiger charge is -2.23. The number of aryl methyl sites for hydroxylation is 1. The minimum atomic E-state index is -0.964. The van der Waals surface area contributed by atoms with E-state index in [2.05, 4.69) is 20.9 Å². The molecule has 8 nitrogen and oxygen atoms in total. The lowest BCUT2D eigenvalue weighted by Crippen LogP contribution is -2.29. The Balaban J connectivity index is 1.89. The monoisotopic (exact) mass is 570 g/mol. The molecule has 1 aliphatic heterocycles. The van der Waals surface area contributed by atoms with Crippen molar-refractivity contribution in [1.29, 1.82) is 0 Å². The number of benzene rings is 2. The van der Waals surface area contributed by atoms with Crippen molar-refractivity contribution in [3.63, 3.8) is 0 Å². The summed E-state index contributed by atoms with van der Waals surface area (Å²) in [4.78, 5) is 44.7. The number of carbonyl (C=O) groups excluding carboxylic acids is 3. The molecule has 1 saturated heterocycles. The number of hydrogen-bond donors (Lipinski definition) is 1. The van der Waals surface area contributed by atoms with E-state index in [0.717, 1.165) is 22.2 Å². The van der Waals surface area contributed by atoms with E-state index < -0.39 is 23.7 Å². The molecule has 0 aliphatic carbocycles. The molecule has 0 bridgehead atoms. The van der Waals surface area contributed by atoms with Crippen molar-refractivity contribution < 1.29 is 29.0 Å². The van der Waals surface area contributed by atoms with Crippen LogP contribution in [-0.2, 0) is 14.3 Å². The largest absolute Gasteiger partial charge is 0.507 e. The van der Waals surface area contributed by atoms with E-state index in [0.29, 0.717) is 29.2 Å². The average Bonchev–Trinajstić information content (AvgIpc) is 3.39. The van der Waals surface area contributed by atoms with E-state index in [-0.39, 0.29) is 21.3 Å². The molecule has 36 heavy (non-hydrogen) atoms. The third-order valence-corrected chi connectivity index (χ3v) is 7.24. The van der Waals surface area contributed by atoms with Crippen LogP contribution in [0.4, 0.5) is 5.13 Å². The maximum absolute atomic E-state index is 13.3. The normalized spacial score (nSPS) is 16.9. The van der Waals surface area contributed by atoms with E-state index in [1.165, 1.54) is 12.0 Å². The van der Waals surface area contributed by atoms with Crippen LogP contribution in [0.2, 0.25) is 0 Å². The van der Waals surface area contributed by atoms with Crippen molar-refractivity contribution in [1.82, 2.24) is 4.98 Å². The first kappa shape index (κ1) is 25.6. The second-order valence-electron chi connectivity index (χ2n) is 8.00. The second-order valence-corrected chi connectivity index (χ2v) is 9.89. The topological polar surface area (TPSA) is 106 Å². The maximum atomic E-state index is 13.3. The van der Waals surface area contributed by atoms with Crippen LogP contribution in [0.5, 0.6) is 5.75 Å². The molecular formula is C26H23BrN2O6S. The number of aromatic nitrogens is 1. The Bertz CT molecular complexity index is 1370. The van der Waals surface area contributed by atoms with E-state index in [1.54, 1.807) is 55.5 Å². The van der Waals surface area contributed by atoms with Crippen molar-refractivity contribution in [2.75, 3.05) is 18.6 Å². The van der Waals surface area contributed by atoms with Crippen molar-refractivity contribution in [2.24, 2.45) is 0 Å². The molecule has 2 aromatic carbocycles. The van der Waals surface area contributed by atoms with Gasteiger partial charge in [-0.15, -0.1) is 0 Å². The minimum Gasteiger partial charge on any atom is -0.507 e. The molecular weight excluding hydrogens is 548 g/mol. The molecule has 1 aromatic heterocycles. The number of halogens is 1. The standard InChI is InChI=1S/C26H23BrN2O6S/c1-4-12-35-18-7-5-6-16(13-18)21(30)19-20(15-8-10-17(27)11-9-15)29(24(32)22(19)31)26-28-14(2)23(36-26)25(33)34-3/h5-11,13,20,30H,4,12H2,1-3H3/b21-19+. The second kappa shape index (κ2) is 10.6. The number of amides is 1. The number of esters is 1. The van der Waals surface area contributed by atoms with Gasteiger partial charge in [-0.1, -0.05) is 58.5 Å². The van der Waals surface area contributed by atoms with Gasteiger partial charge in [0.15, 0.2) is 5.13 Å². The fourth-order valence-corrected chi connectivity index (χ4v) is 5.14. The van der Waals surface area contributed by atoms with E-state index in [1.807, 2.05) is 6.92 Å².